The maximum absolute atomic E-state index is 10.9. The summed E-state index contributed by atoms with van der Waals surface area (Å²) in [4.78, 5) is 0. The van der Waals surface area contributed by atoms with Crippen LogP contribution in [-0.4, -0.2) is 5.97 Å². The van der Waals surface area contributed by atoms with E-state index >= 15 is 0 Å². The predicted molar refractivity (Wildman–Crippen MR) is 15.3 cm³/mol. The number of nitrogens with zero attached hydrogens (tertiary/aromatic N) is 2. The van der Waals surface area contributed by atoms with E-state index in [9.17, 15) is 8.87 Å². The predicted octanol–water partition coefficient (Wildman–Crippen LogP) is 0.762. The Labute approximate surface area is 32.7 Å². The second-order valence-corrected chi connectivity index (χ2v) is 0.487. The maximum Gasteiger partial charge on any atom is 0.319 e. The van der Waals surface area contributed by atoms with E-state index in [4.69, 9.17) is 5.26 Å². The molecule has 0 aromatic heterocycles. The highest BCUT2D eigenvalue weighted by Crippen LogP contribution is 1.75. The van der Waals surface area contributed by atoms with Crippen molar-refractivity contribution in [1.82, 2.24) is 0 Å². The Morgan fingerprint density at radius 3 is 2.33 bits per heavy atom. The minimum Gasteiger partial charge on any atom is -0.188 e. The van der Waals surface area contributed by atoms with Gasteiger partial charge in [0.25, 0.3) is 0 Å². The van der Waals surface area contributed by atoms with Gasteiger partial charge in [0.05, 0.1) is 0 Å². The molecule has 0 aromatic rings. The topological polar surface area (TPSA) is 36.1 Å². The number of hydrogen-bond donors (Lipinski definition) is 0. The van der Waals surface area contributed by atoms with Gasteiger partial charge in [-0.2, -0.15) is 9.65 Å². The minimum atomic E-state index is -1.64. The van der Waals surface area contributed by atoms with Crippen LogP contribution in [0.2, 0.25) is 0 Å². The summed E-state index contributed by atoms with van der Waals surface area (Å²) in [6.07, 6.45) is 0. The van der Waals surface area contributed by atoms with Crippen LogP contribution in [0.15, 0.2) is 5.21 Å². The third-order valence-electron chi connectivity index (χ3n) is 0.166. The molecule has 0 radical (unpaired) electrons. The molecule has 0 rings (SSSR count). The highest BCUT2D eigenvalue weighted by molar-refractivity contribution is 5.89. The third-order valence-corrected chi connectivity index (χ3v) is 0.166. The van der Waals surface area contributed by atoms with E-state index in [1.165, 1.54) is 5.21 Å². The lowest BCUT2D eigenvalue weighted by Gasteiger charge is -1.60. The Morgan fingerprint density at radius 2 is 2.33 bits per heavy atom. The van der Waals surface area contributed by atoms with Gasteiger partial charge in [0, 0.05) is 0 Å². The van der Waals surface area contributed by atoms with Gasteiger partial charge in [-0.1, -0.05) is 4.48 Å². The second kappa shape index (κ2) is 2.27. The largest absolute Gasteiger partial charge is 0.319 e. The first-order valence-electron chi connectivity index (χ1n) is 1.06. The number of nitriles is 1. The first-order valence-corrected chi connectivity index (χ1v) is 1.06. The zero-order valence-corrected chi connectivity index (χ0v) is 2.65. The van der Waals surface area contributed by atoms with Gasteiger partial charge in [-0.25, -0.2) is 0 Å². The van der Waals surface area contributed by atoms with Crippen LogP contribution in [0.3, 0.4) is 0 Å². The van der Waals surface area contributed by atoms with Gasteiger partial charge < -0.3 is 0 Å². The van der Waals surface area contributed by atoms with Gasteiger partial charge in [0.15, 0.2) is 6.07 Å². The maximum atomic E-state index is 10.9. The lowest BCUT2D eigenvalue weighted by atomic mass is 10.8. The van der Waals surface area contributed by atoms with Crippen LogP contribution in [0.25, 0.3) is 0 Å². The normalized spacial score (nSPS) is 10.5. The molecule has 0 bridgehead atoms. The molecule has 6 heavy (non-hydrogen) atoms. The summed E-state index contributed by atoms with van der Waals surface area (Å²) in [5.41, 5.74) is 0. The van der Waals surface area contributed by atoms with Gasteiger partial charge in [0.1, 0.15) is 0 Å². The quantitative estimate of drug-likeness (QED) is 0.404. The van der Waals surface area contributed by atoms with E-state index in [-0.39, 0.29) is 0 Å². The standard InChI is InChI=1S/C2F2N2/c3-2(1-5)6-4/b6-2-. The molecular weight excluding hydrogens is 90.0 g/mol. The Morgan fingerprint density at radius 1 is 1.83 bits per heavy atom. The molecule has 32 valence electrons. The van der Waals surface area contributed by atoms with E-state index in [1.807, 2.05) is 0 Å². The van der Waals surface area contributed by atoms with Crippen molar-refractivity contribution in [3.05, 3.63) is 0 Å². The van der Waals surface area contributed by atoms with Crippen molar-refractivity contribution in [1.29, 1.82) is 5.26 Å². The summed E-state index contributed by atoms with van der Waals surface area (Å²) >= 11 is 0. The first-order chi connectivity index (χ1) is 2.81. The molecule has 0 saturated heterocycles. The van der Waals surface area contributed by atoms with Crippen LogP contribution in [0.1, 0.15) is 0 Å². The summed E-state index contributed by atoms with van der Waals surface area (Å²) in [7, 11) is 0. The SMILES string of the molecule is N#C/C(F)=N/F. The van der Waals surface area contributed by atoms with Crippen molar-refractivity contribution in [2.75, 3.05) is 0 Å². The van der Waals surface area contributed by atoms with Crippen LogP contribution in [0.5, 0.6) is 0 Å². The Balaban J connectivity index is 3.61. The third kappa shape index (κ3) is 1.35. The molecule has 0 amide bonds. The average molecular weight is 90.0 g/mol. The molecular formula is C2F2N2. The van der Waals surface area contributed by atoms with Crippen LogP contribution in [0.4, 0.5) is 8.87 Å². The number of halogens is 2. The molecule has 0 aliphatic rings. The van der Waals surface area contributed by atoms with E-state index in [0.717, 1.165) is 6.07 Å². The molecule has 0 saturated carbocycles. The van der Waals surface area contributed by atoms with Crippen LogP contribution < -0.4 is 0 Å². The lowest BCUT2D eigenvalue weighted by Crippen LogP contribution is -1.73. The Kier molecular flexibility index (Phi) is 1.90. The second-order valence-electron chi connectivity index (χ2n) is 0.487. The van der Waals surface area contributed by atoms with E-state index in [0.29, 0.717) is 0 Å². The fourth-order valence-corrected chi connectivity index (χ4v) is 0.0189. The van der Waals surface area contributed by atoms with Crippen molar-refractivity contribution in [2.45, 2.75) is 0 Å². The van der Waals surface area contributed by atoms with Gasteiger partial charge in [-0.15, -0.1) is 0 Å². The zero-order valence-electron chi connectivity index (χ0n) is 2.65. The van der Waals surface area contributed by atoms with Crippen molar-refractivity contribution >= 4 is 5.97 Å². The van der Waals surface area contributed by atoms with Crippen molar-refractivity contribution in [3.63, 3.8) is 0 Å². The molecule has 0 atom stereocenters. The van der Waals surface area contributed by atoms with Crippen molar-refractivity contribution in [2.24, 2.45) is 5.21 Å². The van der Waals surface area contributed by atoms with Crippen molar-refractivity contribution < 1.29 is 8.87 Å². The van der Waals surface area contributed by atoms with Gasteiger partial charge >= 0.3 is 5.97 Å². The van der Waals surface area contributed by atoms with Gasteiger partial charge in [-0.3, -0.25) is 0 Å². The highest BCUT2D eigenvalue weighted by atomic mass is 19.2. The molecule has 0 spiro atoms. The molecule has 4 heteroatoms. The highest BCUT2D eigenvalue weighted by Gasteiger charge is 1.84. The molecule has 0 aromatic carbocycles. The average Bonchev–Trinajstić information content (AvgIpc) is 1.65. The Hall–Kier alpha value is -0.980. The fourth-order valence-electron chi connectivity index (χ4n) is 0.0189. The zero-order chi connectivity index (χ0) is 4.99. The molecule has 0 aliphatic carbocycles. The van der Waals surface area contributed by atoms with E-state index in [1.54, 1.807) is 0 Å². The summed E-state index contributed by atoms with van der Waals surface area (Å²) in [6.45, 7) is 0. The van der Waals surface area contributed by atoms with Crippen LogP contribution >= 0.6 is 0 Å². The minimum absolute atomic E-state index is 0.823. The molecule has 0 unspecified atom stereocenters. The molecule has 0 aliphatic heterocycles. The molecule has 0 heterocycles. The monoisotopic (exact) mass is 90.0 g/mol. The lowest BCUT2D eigenvalue weighted by molar-refractivity contribution is 0.521. The molecule has 2 nitrogen and oxygen atoms in total. The van der Waals surface area contributed by atoms with Gasteiger partial charge in [0.2, 0.25) is 0 Å². The first kappa shape index (κ1) is 5.02. The molecule has 0 fully saturated rings. The van der Waals surface area contributed by atoms with E-state index in [2.05, 4.69) is 0 Å². The summed E-state index contributed by atoms with van der Waals surface area (Å²) < 4.78 is 21.3. The van der Waals surface area contributed by atoms with E-state index < -0.39 is 5.97 Å². The van der Waals surface area contributed by atoms with Crippen molar-refractivity contribution in [3.8, 4) is 6.07 Å². The van der Waals surface area contributed by atoms with Gasteiger partial charge in [-0.05, 0) is 5.21 Å². The summed E-state index contributed by atoms with van der Waals surface area (Å²) in [5, 5.41) is 8.73. The Bertz CT molecular complexity index is 101. The molecule has 0 N–H and O–H groups in total. The number of rotatable bonds is 0. The number of hydrogen-bond acceptors (Lipinski definition) is 2. The summed E-state index contributed by atoms with van der Waals surface area (Å²) in [5.74, 6) is -1.64. The smallest absolute Gasteiger partial charge is 0.188 e. The van der Waals surface area contributed by atoms with Crippen LogP contribution in [0, 0.1) is 11.3 Å². The van der Waals surface area contributed by atoms with Crippen LogP contribution in [-0.2, 0) is 0 Å². The summed E-state index contributed by atoms with van der Waals surface area (Å²) in [6, 6.07) is 0.823. The fraction of sp³-hybridized carbons (Fsp3) is 0.